The first-order valence-corrected chi connectivity index (χ1v) is 9.11. The summed E-state index contributed by atoms with van der Waals surface area (Å²) in [5.74, 6) is -0.208. The standard InChI is InChI=1S/C18H28N4O5/c1-12-7-15(21-27-12)9-19-18(25)13-5-4-6-14(20-16(23)11-26-3)10-22(2)17(24)8-13/h7,13-14H,4-6,8-11H2,1-3H3,(H,19,25)(H,20,23). The van der Waals surface area contributed by atoms with E-state index in [0.717, 1.165) is 6.42 Å². The first-order valence-electron chi connectivity index (χ1n) is 9.11. The Bertz CT molecular complexity index is 660. The first kappa shape index (κ1) is 20.9. The van der Waals surface area contributed by atoms with Gasteiger partial charge in [0.2, 0.25) is 17.7 Å². The number of ether oxygens (including phenoxy) is 1. The summed E-state index contributed by atoms with van der Waals surface area (Å²) >= 11 is 0. The Kier molecular flexibility index (Phi) is 7.78. The zero-order valence-corrected chi connectivity index (χ0v) is 16.1. The highest BCUT2D eigenvalue weighted by Gasteiger charge is 2.27. The van der Waals surface area contributed by atoms with E-state index in [2.05, 4.69) is 15.8 Å². The molecule has 2 rings (SSSR count). The van der Waals surface area contributed by atoms with Crippen LogP contribution in [0.15, 0.2) is 10.6 Å². The van der Waals surface area contributed by atoms with E-state index in [1.807, 2.05) is 0 Å². The smallest absolute Gasteiger partial charge is 0.246 e. The van der Waals surface area contributed by atoms with E-state index in [1.165, 1.54) is 7.11 Å². The molecule has 1 aliphatic rings. The summed E-state index contributed by atoms with van der Waals surface area (Å²) in [5.41, 5.74) is 0.647. The normalized spacial score (nSPS) is 21.1. The van der Waals surface area contributed by atoms with E-state index in [9.17, 15) is 14.4 Å². The Hall–Kier alpha value is -2.42. The van der Waals surface area contributed by atoms with Crippen LogP contribution in [0.3, 0.4) is 0 Å². The molecular weight excluding hydrogens is 352 g/mol. The topological polar surface area (TPSA) is 114 Å². The predicted molar refractivity (Wildman–Crippen MR) is 96.5 cm³/mol. The van der Waals surface area contributed by atoms with Crippen molar-refractivity contribution in [3.8, 4) is 0 Å². The van der Waals surface area contributed by atoms with Crippen LogP contribution in [0.2, 0.25) is 0 Å². The zero-order chi connectivity index (χ0) is 19.8. The number of carbonyl (C=O) groups excluding carboxylic acids is 3. The molecule has 0 bridgehead atoms. The molecule has 2 atom stereocenters. The van der Waals surface area contributed by atoms with Crippen molar-refractivity contribution in [1.82, 2.24) is 20.7 Å². The minimum absolute atomic E-state index is 0.0132. The van der Waals surface area contributed by atoms with Crippen molar-refractivity contribution in [3.05, 3.63) is 17.5 Å². The lowest BCUT2D eigenvalue weighted by molar-refractivity contribution is -0.135. The van der Waals surface area contributed by atoms with Gasteiger partial charge in [0, 0.05) is 45.1 Å². The van der Waals surface area contributed by atoms with Crippen LogP contribution in [-0.4, -0.2) is 61.1 Å². The summed E-state index contributed by atoms with van der Waals surface area (Å²) in [6.07, 6.45) is 2.17. The quantitative estimate of drug-likeness (QED) is 0.737. The van der Waals surface area contributed by atoms with Crippen LogP contribution in [0, 0.1) is 12.8 Å². The average molecular weight is 380 g/mol. The van der Waals surface area contributed by atoms with E-state index >= 15 is 0 Å². The molecule has 9 heteroatoms. The number of hydrogen-bond acceptors (Lipinski definition) is 6. The monoisotopic (exact) mass is 380 g/mol. The minimum atomic E-state index is -0.402. The summed E-state index contributed by atoms with van der Waals surface area (Å²) in [6.45, 7) is 2.46. The second kappa shape index (κ2) is 10.1. The van der Waals surface area contributed by atoms with E-state index in [1.54, 1.807) is 24.9 Å². The maximum Gasteiger partial charge on any atom is 0.246 e. The van der Waals surface area contributed by atoms with Crippen LogP contribution >= 0.6 is 0 Å². The van der Waals surface area contributed by atoms with Crippen molar-refractivity contribution < 1.29 is 23.6 Å². The molecule has 0 aliphatic carbocycles. The van der Waals surface area contributed by atoms with Gasteiger partial charge in [0.1, 0.15) is 18.1 Å². The number of amides is 3. The molecule has 0 aromatic carbocycles. The number of hydrogen-bond donors (Lipinski definition) is 2. The highest BCUT2D eigenvalue weighted by molar-refractivity contribution is 5.85. The highest BCUT2D eigenvalue weighted by Crippen LogP contribution is 2.19. The molecule has 1 fully saturated rings. The van der Waals surface area contributed by atoms with Crippen molar-refractivity contribution >= 4 is 17.7 Å². The molecule has 150 valence electrons. The number of aromatic nitrogens is 1. The third-order valence-electron chi connectivity index (χ3n) is 4.58. The maximum absolute atomic E-state index is 12.5. The predicted octanol–water partition coefficient (Wildman–Crippen LogP) is 0.379. The molecule has 0 radical (unpaired) electrons. The van der Waals surface area contributed by atoms with Crippen LogP contribution in [0.4, 0.5) is 0 Å². The highest BCUT2D eigenvalue weighted by atomic mass is 16.5. The maximum atomic E-state index is 12.5. The summed E-state index contributed by atoms with van der Waals surface area (Å²) in [4.78, 5) is 38.3. The van der Waals surface area contributed by atoms with Crippen molar-refractivity contribution in [2.75, 3.05) is 27.3 Å². The summed E-state index contributed by atoms with van der Waals surface area (Å²) in [5, 5.41) is 9.56. The van der Waals surface area contributed by atoms with Crippen LogP contribution in [0.25, 0.3) is 0 Å². The fourth-order valence-electron chi connectivity index (χ4n) is 3.17. The molecule has 1 aromatic rings. The van der Waals surface area contributed by atoms with Gasteiger partial charge in [-0.3, -0.25) is 14.4 Å². The molecule has 3 amide bonds. The van der Waals surface area contributed by atoms with Gasteiger partial charge in [0.05, 0.1) is 6.54 Å². The fourth-order valence-corrected chi connectivity index (χ4v) is 3.17. The Morgan fingerprint density at radius 3 is 2.85 bits per heavy atom. The van der Waals surface area contributed by atoms with Gasteiger partial charge in [-0.15, -0.1) is 0 Å². The summed E-state index contributed by atoms with van der Waals surface area (Å²) in [6, 6.07) is 1.61. The summed E-state index contributed by atoms with van der Waals surface area (Å²) in [7, 11) is 3.15. The molecule has 1 aromatic heterocycles. The van der Waals surface area contributed by atoms with Crippen molar-refractivity contribution in [2.45, 2.75) is 45.2 Å². The average Bonchev–Trinajstić information content (AvgIpc) is 3.05. The number of likely N-dealkylation sites (N-methyl/N-ethyl adjacent to an activating group) is 1. The Morgan fingerprint density at radius 1 is 1.41 bits per heavy atom. The lowest BCUT2D eigenvalue weighted by Crippen LogP contribution is -2.45. The Balaban J connectivity index is 1.92. The number of nitrogens with one attached hydrogen (secondary N) is 2. The van der Waals surface area contributed by atoms with Gasteiger partial charge >= 0.3 is 0 Å². The lowest BCUT2D eigenvalue weighted by Gasteiger charge is -2.24. The Morgan fingerprint density at radius 2 is 2.19 bits per heavy atom. The van der Waals surface area contributed by atoms with Gasteiger partial charge in [0.15, 0.2) is 0 Å². The van der Waals surface area contributed by atoms with Gasteiger partial charge in [-0.1, -0.05) is 11.6 Å². The number of methoxy groups -OCH3 is 1. The van der Waals surface area contributed by atoms with Gasteiger partial charge in [-0.2, -0.15) is 0 Å². The van der Waals surface area contributed by atoms with E-state index < -0.39 is 5.92 Å². The van der Waals surface area contributed by atoms with Crippen LogP contribution < -0.4 is 10.6 Å². The largest absolute Gasteiger partial charge is 0.375 e. The second-order valence-corrected chi connectivity index (χ2v) is 6.95. The van der Waals surface area contributed by atoms with Gasteiger partial charge in [0.25, 0.3) is 0 Å². The molecule has 9 nitrogen and oxygen atoms in total. The van der Waals surface area contributed by atoms with Crippen LogP contribution in [0.1, 0.15) is 37.1 Å². The third kappa shape index (κ3) is 6.67. The van der Waals surface area contributed by atoms with Crippen LogP contribution in [-0.2, 0) is 25.7 Å². The van der Waals surface area contributed by atoms with Crippen molar-refractivity contribution in [3.63, 3.8) is 0 Å². The van der Waals surface area contributed by atoms with Crippen LogP contribution in [0.5, 0.6) is 0 Å². The number of carbonyl (C=O) groups is 3. The molecule has 0 saturated carbocycles. The van der Waals surface area contributed by atoms with E-state index in [0.29, 0.717) is 30.8 Å². The lowest BCUT2D eigenvalue weighted by atomic mass is 9.96. The molecule has 1 saturated heterocycles. The van der Waals surface area contributed by atoms with E-state index in [-0.39, 0.29) is 43.3 Å². The minimum Gasteiger partial charge on any atom is -0.375 e. The molecule has 2 N–H and O–H groups in total. The third-order valence-corrected chi connectivity index (χ3v) is 4.58. The SMILES string of the molecule is COCC(=O)NC1CCCC(C(=O)NCc2cc(C)on2)CC(=O)N(C)C1. The molecule has 2 unspecified atom stereocenters. The number of rotatable bonds is 6. The molecular formula is C18H28N4O5. The van der Waals surface area contributed by atoms with Gasteiger partial charge < -0.3 is 24.8 Å². The second-order valence-electron chi connectivity index (χ2n) is 6.95. The zero-order valence-electron chi connectivity index (χ0n) is 16.1. The van der Waals surface area contributed by atoms with Crippen molar-refractivity contribution in [2.24, 2.45) is 5.92 Å². The molecule has 0 spiro atoms. The Labute approximate surface area is 158 Å². The van der Waals surface area contributed by atoms with Gasteiger partial charge in [-0.05, 0) is 19.8 Å². The number of aryl methyl sites for hydroxylation is 1. The molecule has 1 aliphatic heterocycles. The molecule has 27 heavy (non-hydrogen) atoms. The summed E-state index contributed by atoms with van der Waals surface area (Å²) < 4.78 is 9.81. The fraction of sp³-hybridized carbons (Fsp3) is 0.667. The number of nitrogens with zero attached hydrogens (tertiary/aromatic N) is 2. The van der Waals surface area contributed by atoms with E-state index in [4.69, 9.17) is 9.26 Å². The molecule has 2 heterocycles. The van der Waals surface area contributed by atoms with Gasteiger partial charge in [-0.25, -0.2) is 0 Å². The first-order chi connectivity index (χ1) is 12.9. The van der Waals surface area contributed by atoms with Crippen molar-refractivity contribution in [1.29, 1.82) is 0 Å².